The summed E-state index contributed by atoms with van der Waals surface area (Å²) in [5.41, 5.74) is 7.02. The molecule has 2 aliphatic heterocycles. The standard InChI is InChI=1S/C28H31N3O/c1-30-15-5-9-23-18-24(12-14-27(23)30)28(32)31-16-6-10-25(20-31)26-13-11-22(19-29-26)17-21-7-3-2-4-8-21/h2-4,7-8,11-14,18-19,25H,5-6,9-10,15-17,20H2,1H3/t25-/m0/s1. The van der Waals surface area contributed by atoms with Crippen molar-refractivity contribution >= 4 is 11.6 Å². The molecule has 0 radical (unpaired) electrons. The van der Waals surface area contributed by atoms with Crippen molar-refractivity contribution in [1.82, 2.24) is 9.88 Å². The fourth-order valence-corrected chi connectivity index (χ4v) is 5.12. The maximum Gasteiger partial charge on any atom is 0.253 e. The molecule has 0 unspecified atom stereocenters. The molecule has 1 atom stereocenters. The number of amides is 1. The highest BCUT2D eigenvalue weighted by Gasteiger charge is 2.27. The fourth-order valence-electron chi connectivity index (χ4n) is 5.12. The summed E-state index contributed by atoms with van der Waals surface area (Å²) in [5.74, 6) is 0.466. The van der Waals surface area contributed by atoms with Crippen LogP contribution in [0.5, 0.6) is 0 Å². The van der Waals surface area contributed by atoms with Crippen molar-refractivity contribution in [2.24, 2.45) is 0 Å². The van der Waals surface area contributed by atoms with Gasteiger partial charge in [-0.2, -0.15) is 0 Å². The van der Waals surface area contributed by atoms with Crippen molar-refractivity contribution in [3.8, 4) is 0 Å². The van der Waals surface area contributed by atoms with E-state index in [2.05, 4.69) is 60.5 Å². The number of carbonyl (C=O) groups is 1. The third-order valence-corrected chi connectivity index (χ3v) is 6.90. The molecular weight excluding hydrogens is 394 g/mol. The summed E-state index contributed by atoms with van der Waals surface area (Å²) in [6.07, 6.45) is 7.23. The van der Waals surface area contributed by atoms with Crippen LogP contribution in [-0.4, -0.2) is 42.5 Å². The second-order valence-electron chi connectivity index (χ2n) is 9.21. The number of anilines is 1. The van der Waals surface area contributed by atoms with Crippen LogP contribution in [0.25, 0.3) is 0 Å². The van der Waals surface area contributed by atoms with E-state index in [1.807, 2.05) is 23.2 Å². The summed E-state index contributed by atoms with van der Waals surface area (Å²) < 4.78 is 0. The first-order chi connectivity index (χ1) is 15.7. The van der Waals surface area contributed by atoms with Crippen LogP contribution < -0.4 is 4.90 Å². The Balaban J connectivity index is 1.26. The molecule has 4 heteroatoms. The molecular formula is C28H31N3O. The molecule has 5 rings (SSSR count). The highest BCUT2D eigenvalue weighted by atomic mass is 16.2. The van der Waals surface area contributed by atoms with E-state index >= 15 is 0 Å². The molecule has 2 aromatic carbocycles. The zero-order valence-electron chi connectivity index (χ0n) is 18.8. The van der Waals surface area contributed by atoms with Gasteiger partial charge in [-0.3, -0.25) is 9.78 Å². The van der Waals surface area contributed by atoms with Gasteiger partial charge in [-0.25, -0.2) is 0 Å². The number of piperidine rings is 1. The van der Waals surface area contributed by atoms with Crippen LogP contribution in [0, 0.1) is 0 Å². The molecule has 0 saturated carbocycles. The Morgan fingerprint density at radius 2 is 1.88 bits per heavy atom. The molecule has 0 bridgehead atoms. The molecule has 1 aromatic heterocycles. The van der Waals surface area contributed by atoms with Crippen molar-refractivity contribution in [2.75, 3.05) is 31.6 Å². The lowest BCUT2D eigenvalue weighted by Crippen LogP contribution is -2.39. The Kier molecular flexibility index (Phi) is 5.93. The Labute approximate surface area is 190 Å². The van der Waals surface area contributed by atoms with Gasteiger partial charge in [-0.05, 0) is 73.1 Å². The first-order valence-electron chi connectivity index (χ1n) is 11.8. The van der Waals surface area contributed by atoms with E-state index < -0.39 is 0 Å². The van der Waals surface area contributed by atoms with Gasteiger partial charge >= 0.3 is 0 Å². The number of aromatic nitrogens is 1. The van der Waals surface area contributed by atoms with E-state index in [-0.39, 0.29) is 5.91 Å². The quantitative estimate of drug-likeness (QED) is 0.585. The Hall–Kier alpha value is -3.14. The molecule has 1 amide bonds. The van der Waals surface area contributed by atoms with Crippen LogP contribution in [0.4, 0.5) is 5.69 Å². The molecule has 1 saturated heterocycles. The normalized spacial score (nSPS) is 18.3. The summed E-state index contributed by atoms with van der Waals surface area (Å²) in [6.45, 7) is 2.67. The van der Waals surface area contributed by atoms with E-state index in [0.717, 1.165) is 63.0 Å². The maximum absolute atomic E-state index is 13.3. The lowest BCUT2D eigenvalue weighted by molar-refractivity contribution is 0.0706. The summed E-state index contributed by atoms with van der Waals surface area (Å²) in [6, 6.07) is 21.1. The van der Waals surface area contributed by atoms with Crippen molar-refractivity contribution in [1.29, 1.82) is 0 Å². The number of hydrogen-bond donors (Lipinski definition) is 0. The summed E-state index contributed by atoms with van der Waals surface area (Å²) in [5, 5.41) is 0. The molecule has 4 nitrogen and oxygen atoms in total. The average Bonchev–Trinajstić information content (AvgIpc) is 2.85. The lowest BCUT2D eigenvalue weighted by Gasteiger charge is -2.33. The molecule has 3 aromatic rings. The minimum absolute atomic E-state index is 0.159. The van der Waals surface area contributed by atoms with Crippen LogP contribution in [0.15, 0.2) is 66.9 Å². The Morgan fingerprint density at radius 3 is 2.69 bits per heavy atom. The number of fused-ring (bicyclic) bond motifs is 1. The van der Waals surface area contributed by atoms with Crippen molar-refractivity contribution < 1.29 is 4.79 Å². The molecule has 2 aliphatic rings. The van der Waals surface area contributed by atoms with Crippen molar-refractivity contribution in [3.63, 3.8) is 0 Å². The first kappa shape index (κ1) is 20.7. The number of likely N-dealkylation sites (tertiary alicyclic amines) is 1. The van der Waals surface area contributed by atoms with Gasteiger partial charge in [0.05, 0.1) is 0 Å². The van der Waals surface area contributed by atoms with E-state index in [1.165, 1.54) is 22.4 Å². The minimum atomic E-state index is 0.159. The number of pyridine rings is 1. The third-order valence-electron chi connectivity index (χ3n) is 6.90. The highest BCUT2D eigenvalue weighted by molar-refractivity contribution is 5.95. The number of hydrogen-bond acceptors (Lipinski definition) is 3. The van der Waals surface area contributed by atoms with Gasteiger partial charge < -0.3 is 9.80 Å². The van der Waals surface area contributed by atoms with Gasteiger partial charge in [0.2, 0.25) is 0 Å². The third kappa shape index (κ3) is 4.40. The van der Waals surface area contributed by atoms with E-state index in [4.69, 9.17) is 4.98 Å². The second kappa shape index (κ2) is 9.15. The smallest absolute Gasteiger partial charge is 0.253 e. The molecule has 32 heavy (non-hydrogen) atoms. The van der Waals surface area contributed by atoms with Crippen LogP contribution >= 0.6 is 0 Å². The predicted molar refractivity (Wildman–Crippen MR) is 129 cm³/mol. The van der Waals surface area contributed by atoms with Crippen molar-refractivity contribution in [2.45, 2.75) is 38.0 Å². The summed E-state index contributed by atoms with van der Waals surface area (Å²) >= 11 is 0. The predicted octanol–water partition coefficient (Wildman–Crippen LogP) is 5.07. The molecule has 1 fully saturated rings. The monoisotopic (exact) mass is 425 g/mol. The zero-order chi connectivity index (χ0) is 21.9. The topological polar surface area (TPSA) is 36.4 Å². The lowest BCUT2D eigenvalue weighted by atomic mass is 9.92. The van der Waals surface area contributed by atoms with Crippen molar-refractivity contribution in [3.05, 3.63) is 94.8 Å². The SMILES string of the molecule is CN1CCCc2cc(C(=O)N3CCC[C@H](c4ccc(Cc5ccccc5)cn4)C3)ccc21. The average molecular weight is 426 g/mol. The number of benzene rings is 2. The molecule has 164 valence electrons. The van der Waals surface area contributed by atoms with Gasteiger partial charge in [-0.1, -0.05) is 36.4 Å². The van der Waals surface area contributed by atoms with E-state index in [9.17, 15) is 4.79 Å². The summed E-state index contributed by atoms with van der Waals surface area (Å²) in [4.78, 5) is 22.4. The van der Waals surface area contributed by atoms with Gasteiger partial charge in [0.1, 0.15) is 0 Å². The Morgan fingerprint density at radius 1 is 1.00 bits per heavy atom. The van der Waals surface area contributed by atoms with E-state index in [0.29, 0.717) is 5.92 Å². The summed E-state index contributed by atoms with van der Waals surface area (Å²) in [7, 11) is 2.13. The van der Waals surface area contributed by atoms with E-state index in [1.54, 1.807) is 0 Å². The molecule has 0 spiro atoms. The highest BCUT2D eigenvalue weighted by Crippen LogP contribution is 2.30. The molecule has 0 aliphatic carbocycles. The molecule has 3 heterocycles. The largest absolute Gasteiger partial charge is 0.374 e. The molecule has 0 N–H and O–H groups in total. The van der Waals surface area contributed by atoms with Crippen LogP contribution in [0.1, 0.15) is 57.9 Å². The van der Waals surface area contributed by atoms with Gasteiger partial charge in [0.15, 0.2) is 0 Å². The van der Waals surface area contributed by atoms with Gasteiger partial charge in [0, 0.05) is 55.7 Å². The van der Waals surface area contributed by atoms with Gasteiger partial charge in [-0.15, -0.1) is 0 Å². The van der Waals surface area contributed by atoms with Crippen LogP contribution in [0.3, 0.4) is 0 Å². The zero-order valence-corrected chi connectivity index (χ0v) is 18.8. The Bertz CT molecular complexity index is 1080. The number of carbonyl (C=O) groups excluding carboxylic acids is 1. The fraction of sp³-hybridized carbons (Fsp3) is 0.357. The number of nitrogens with zero attached hydrogens (tertiary/aromatic N) is 3. The van der Waals surface area contributed by atoms with Crippen LogP contribution in [0.2, 0.25) is 0 Å². The number of aryl methyl sites for hydroxylation is 1. The minimum Gasteiger partial charge on any atom is -0.374 e. The number of rotatable bonds is 4. The van der Waals surface area contributed by atoms with Gasteiger partial charge in [0.25, 0.3) is 5.91 Å². The second-order valence-corrected chi connectivity index (χ2v) is 9.21. The maximum atomic E-state index is 13.3. The van der Waals surface area contributed by atoms with Crippen LogP contribution in [-0.2, 0) is 12.8 Å². The first-order valence-corrected chi connectivity index (χ1v) is 11.8.